The Labute approximate surface area is 165 Å². The van der Waals surface area contributed by atoms with Gasteiger partial charge in [-0.2, -0.15) is 8.42 Å². The van der Waals surface area contributed by atoms with E-state index in [9.17, 15) is 12.8 Å². The van der Waals surface area contributed by atoms with Crippen LogP contribution in [0.25, 0.3) is 0 Å². The van der Waals surface area contributed by atoms with Crippen molar-refractivity contribution >= 4 is 15.8 Å². The maximum absolute atomic E-state index is 14.5. The number of aryl methyl sites for hydroxylation is 1. The van der Waals surface area contributed by atoms with Crippen molar-refractivity contribution in [3.8, 4) is 5.75 Å². The van der Waals surface area contributed by atoms with Gasteiger partial charge < -0.3 is 9.64 Å². The Morgan fingerprint density at radius 2 is 1.68 bits per heavy atom. The highest BCUT2D eigenvalue weighted by atomic mass is 32.2. The molecule has 4 rings (SSSR count). The molecule has 28 heavy (non-hydrogen) atoms. The topological polar surface area (TPSA) is 55.8 Å². The van der Waals surface area contributed by atoms with Crippen molar-refractivity contribution in [3.63, 3.8) is 0 Å². The number of hydrogen-bond acceptors (Lipinski definition) is 5. The fourth-order valence-electron chi connectivity index (χ4n) is 4.36. The molecule has 0 saturated carbocycles. The van der Waals surface area contributed by atoms with E-state index in [1.165, 1.54) is 6.07 Å². The number of methoxy groups -OCH3 is 1. The van der Waals surface area contributed by atoms with Gasteiger partial charge in [-0.3, -0.25) is 4.18 Å². The number of fused-ring (bicyclic) bond motifs is 2. The minimum Gasteiger partial charge on any atom is -0.497 e. The SMILES string of the molecule is COc1ccc(F)c(N2C3CCC2CC(OS(=O)(=O)c2ccc(C)cc2)C3)c1. The van der Waals surface area contributed by atoms with Crippen LogP contribution >= 0.6 is 0 Å². The summed E-state index contributed by atoms with van der Waals surface area (Å²) in [6.07, 6.45) is 2.50. The van der Waals surface area contributed by atoms with Crippen LogP contribution in [0.5, 0.6) is 5.75 Å². The summed E-state index contributed by atoms with van der Waals surface area (Å²) in [6.45, 7) is 1.91. The van der Waals surface area contributed by atoms with Crippen LogP contribution < -0.4 is 9.64 Å². The van der Waals surface area contributed by atoms with Crippen molar-refractivity contribution in [2.24, 2.45) is 0 Å². The van der Waals surface area contributed by atoms with E-state index in [0.717, 1.165) is 18.4 Å². The third-order valence-corrected chi connectivity index (χ3v) is 7.07. The summed E-state index contributed by atoms with van der Waals surface area (Å²) >= 11 is 0. The van der Waals surface area contributed by atoms with Crippen molar-refractivity contribution in [3.05, 3.63) is 53.8 Å². The molecule has 2 heterocycles. The van der Waals surface area contributed by atoms with Gasteiger partial charge in [-0.25, -0.2) is 4.39 Å². The van der Waals surface area contributed by atoms with Crippen LogP contribution in [0.1, 0.15) is 31.2 Å². The van der Waals surface area contributed by atoms with Gasteiger partial charge >= 0.3 is 0 Å². The fourth-order valence-corrected chi connectivity index (χ4v) is 5.45. The molecule has 2 aliphatic heterocycles. The molecule has 2 aromatic rings. The summed E-state index contributed by atoms with van der Waals surface area (Å²) in [5, 5.41) is 0. The van der Waals surface area contributed by atoms with Gasteiger partial charge in [0.25, 0.3) is 10.1 Å². The molecule has 0 spiro atoms. The molecule has 0 aliphatic carbocycles. The number of nitrogens with zero attached hydrogens (tertiary/aromatic N) is 1. The van der Waals surface area contributed by atoms with E-state index in [-0.39, 0.29) is 22.8 Å². The summed E-state index contributed by atoms with van der Waals surface area (Å²) in [6, 6.07) is 11.5. The zero-order valence-electron chi connectivity index (χ0n) is 16.0. The van der Waals surface area contributed by atoms with Gasteiger partial charge in [0.1, 0.15) is 11.6 Å². The number of rotatable bonds is 5. The molecule has 7 heteroatoms. The van der Waals surface area contributed by atoms with E-state index >= 15 is 0 Å². The minimum absolute atomic E-state index is 0.0542. The van der Waals surface area contributed by atoms with E-state index in [1.54, 1.807) is 43.5 Å². The highest BCUT2D eigenvalue weighted by Crippen LogP contribution is 2.42. The van der Waals surface area contributed by atoms with Gasteiger partial charge in [0.15, 0.2) is 0 Å². The first-order chi connectivity index (χ1) is 13.4. The number of halogens is 1. The molecule has 0 N–H and O–H groups in total. The van der Waals surface area contributed by atoms with Gasteiger partial charge in [-0.05, 0) is 56.9 Å². The van der Waals surface area contributed by atoms with Crippen LogP contribution in [0.4, 0.5) is 10.1 Å². The Balaban J connectivity index is 1.52. The molecule has 2 unspecified atom stereocenters. The second-order valence-corrected chi connectivity index (χ2v) is 9.14. The Hall–Kier alpha value is -2.12. The number of ether oxygens (including phenoxy) is 1. The molecular formula is C21H24FNO4S. The molecular weight excluding hydrogens is 381 g/mol. The lowest BCUT2D eigenvalue weighted by Gasteiger charge is -2.40. The van der Waals surface area contributed by atoms with Gasteiger partial charge in [-0.1, -0.05) is 17.7 Å². The first kappa shape index (κ1) is 19.2. The van der Waals surface area contributed by atoms with Crippen LogP contribution in [-0.4, -0.2) is 33.7 Å². The Morgan fingerprint density at radius 1 is 1.04 bits per heavy atom. The molecule has 0 amide bonds. The summed E-state index contributed by atoms with van der Waals surface area (Å²) in [4.78, 5) is 2.25. The normalized spacial score (nSPS) is 24.4. The summed E-state index contributed by atoms with van der Waals surface area (Å²) in [5.41, 5.74) is 1.51. The van der Waals surface area contributed by atoms with Crippen molar-refractivity contribution in [2.45, 2.75) is 55.7 Å². The lowest BCUT2D eigenvalue weighted by Crippen LogP contribution is -2.46. The van der Waals surface area contributed by atoms with Crippen LogP contribution in [0, 0.1) is 12.7 Å². The van der Waals surface area contributed by atoms with Gasteiger partial charge in [0.2, 0.25) is 0 Å². The van der Waals surface area contributed by atoms with E-state index in [0.29, 0.717) is 24.3 Å². The zero-order chi connectivity index (χ0) is 19.9. The Morgan fingerprint density at radius 3 is 2.29 bits per heavy atom. The average Bonchev–Trinajstić information content (AvgIpc) is 2.92. The number of piperidine rings is 1. The van der Waals surface area contributed by atoms with E-state index in [4.69, 9.17) is 8.92 Å². The van der Waals surface area contributed by atoms with Crippen molar-refractivity contribution in [1.29, 1.82) is 0 Å². The Kier molecular flexibility index (Phi) is 5.05. The predicted molar refractivity (Wildman–Crippen MR) is 105 cm³/mol. The molecule has 2 fully saturated rings. The fraction of sp³-hybridized carbons (Fsp3) is 0.429. The van der Waals surface area contributed by atoms with Crippen LogP contribution in [-0.2, 0) is 14.3 Å². The van der Waals surface area contributed by atoms with Gasteiger partial charge in [0.05, 0.1) is 23.8 Å². The lowest BCUT2D eigenvalue weighted by molar-refractivity contribution is 0.157. The molecule has 2 aliphatic rings. The molecule has 0 radical (unpaired) electrons. The van der Waals surface area contributed by atoms with Gasteiger partial charge in [-0.15, -0.1) is 0 Å². The highest BCUT2D eigenvalue weighted by Gasteiger charge is 2.43. The molecule has 5 nitrogen and oxygen atoms in total. The number of hydrogen-bond donors (Lipinski definition) is 0. The quantitative estimate of drug-likeness (QED) is 0.703. The monoisotopic (exact) mass is 405 g/mol. The third-order valence-electron chi connectivity index (χ3n) is 5.69. The molecule has 150 valence electrons. The van der Waals surface area contributed by atoms with Crippen LogP contribution in [0.2, 0.25) is 0 Å². The molecule has 2 atom stereocenters. The van der Waals surface area contributed by atoms with Crippen LogP contribution in [0.15, 0.2) is 47.4 Å². The van der Waals surface area contributed by atoms with Crippen molar-refractivity contribution in [2.75, 3.05) is 12.0 Å². The van der Waals surface area contributed by atoms with E-state index in [1.807, 2.05) is 6.92 Å². The summed E-state index contributed by atoms with van der Waals surface area (Å²) in [5.74, 6) is 0.320. The first-order valence-corrected chi connectivity index (χ1v) is 10.9. The average molecular weight is 405 g/mol. The number of benzene rings is 2. The zero-order valence-corrected chi connectivity index (χ0v) is 16.8. The van der Waals surface area contributed by atoms with Gasteiger partial charge in [0, 0.05) is 18.2 Å². The summed E-state index contributed by atoms with van der Waals surface area (Å²) in [7, 11) is -2.25. The Bertz CT molecular complexity index is 947. The third kappa shape index (κ3) is 3.61. The molecule has 2 bridgehead atoms. The van der Waals surface area contributed by atoms with Crippen LogP contribution in [0.3, 0.4) is 0 Å². The predicted octanol–water partition coefficient (Wildman–Crippen LogP) is 4.05. The second kappa shape index (κ2) is 7.37. The number of anilines is 1. The highest BCUT2D eigenvalue weighted by molar-refractivity contribution is 7.86. The standard InChI is InChI=1S/C21H24FNO4S/c1-14-3-8-19(9-4-14)28(24,25)27-18-11-15-5-6-16(12-18)23(15)21-13-17(26-2)7-10-20(21)22/h3-4,7-10,13,15-16,18H,5-6,11-12H2,1-2H3. The second-order valence-electron chi connectivity index (χ2n) is 7.57. The minimum atomic E-state index is -3.81. The maximum atomic E-state index is 14.5. The smallest absolute Gasteiger partial charge is 0.297 e. The van der Waals surface area contributed by atoms with Crippen molar-refractivity contribution in [1.82, 2.24) is 0 Å². The molecule has 2 saturated heterocycles. The van der Waals surface area contributed by atoms with E-state index < -0.39 is 16.2 Å². The lowest BCUT2D eigenvalue weighted by atomic mass is 9.99. The largest absolute Gasteiger partial charge is 0.497 e. The van der Waals surface area contributed by atoms with E-state index in [2.05, 4.69) is 4.90 Å². The molecule has 2 aromatic carbocycles. The summed E-state index contributed by atoms with van der Waals surface area (Å²) < 4.78 is 50.5. The molecule has 0 aromatic heterocycles. The maximum Gasteiger partial charge on any atom is 0.297 e. The van der Waals surface area contributed by atoms with Crippen molar-refractivity contribution < 1.29 is 21.7 Å². The first-order valence-electron chi connectivity index (χ1n) is 9.49.